The van der Waals surface area contributed by atoms with Gasteiger partial charge in [-0.25, -0.2) is 16.1 Å². The Morgan fingerprint density at radius 2 is 2.29 bits per heavy atom. The van der Waals surface area contributed by atoms with E-state index in [0.717, 1.165) is 73.5 Å². The summed E-state index contributed by atoms with van der Waals surface area (Å²) in [4.78, 5) is 2.39. The summed E-state index contributed by atoms with van der Waals surface area (Å²) in [5, 5.41) is 26.0. The first kappa shape index (κ1) is 19.0. The molecule has 0 spiro atoms. The summed E-state index contributed by atoms with van der Waals surface area (Å²) in [5.41, 5.74) is 9.79. The third kappa shape index (κ3) is 3.94. The highest BCUT2D eigenvalue weighted by molar-refractivity contribution is 6.14. The Bertz CT molecular complexity index is 779. The summed E-state index contributed by atoms with van der Waals surface area (Å²) in [6.07, 6.45) is 5.75. The molecule has 1 fully saturated rings. The minimum absolute atomic E-state index is 0.239. The predicted octanol–water partition coefficient (Wildman–Crippen LogP) is 1.11. The average Bonchev–Trinajstić information content (AvgIpc) is 3.18. The number of nitrogens with zero attached hydrogens (tertiary/aromatic N) is 3. The molecule has 4 rings (SSSR count). The van der Waals surface area contributed by atoms with Crippen LogP contribution < -0.4 is 15.7 Å². The number of aliphatic hydroxyl groups excluding tert-OH is 1. The summed E-state index contributed by atoms with van der Waals surface area (Å²) in [5.74, 6) is 1.02. The summed E-state index contributed by atoms with van der Waals surface area (Å²) >= 11 is 0. The number of hydrazine groups is 2. The number of nitrogens with one attached hydrogen (secondary N) is 2. The first-order valence-corrected chi connectivity index (χ1v) is 10.0. The smallest absolute Gasteiger partial charge is 0.132 e. The molecule has 4 N–H and O–H groups in total. The Morgan fingerprint density at radius 3 is 3.11 bits per heavy atom. The first-order valence-electron chi connectivity index (χ1n) is 10.0. The standard InChI is InChI=1S/C20H29N5O3/c1-14-12-25(22-15-4-2-8-24(13-15)9-3-10-26)23-21-19(14)17-5-6-18-16(20(17)27)7-11-28-18/h5-6,12,15,22-23,26-27H,2-4,7-11,13H2,1H3/t15-/m1/s1. The zero-order chi connectivity index (χ0) is 19.5. The number of allylic oxidation sites excluding steroid dienone is 1. The highest BCUT2D eigenvalue weighted by atomic mass is 16.5. The van der Waals surface area contributed by atoms with Gasteiger partial charge in [0.1, 0.15) is 17.2 Å². The molecule has 3 heterocycles. The van der Waals surface area contributed by atoms with Crippen molar-refractivity contribution < 1.29 is 14.9 Å². The second-order valence-electron chi connectivity index (χ2n) is 7.63. The van der Waals surface area contributed by atoms with Crippen LogP contribution in [0.2, 0.25) is 0 Å². The number of hydrogen-bond donors (Lipinski definition) is 4. The van der Waals surface area contributed by atoms with Gasteiger partial charge in [0, 0.05) is 49.5 Å². The monoisotopic (exact) mass is 387 g/mol. The molecule has 0 saturated carbocycles. The van der Waals surface area contributed by atoms with Crippen molar-refractivity contribution >= 4 is 5.71 Å². The van der Waals surface area contributed by atoms with Crippen molar-refractivity contribution in [2.45, 2.75) is 38.6 Å². The third-order valence-electron chi connectivity index (χ3n) is 5.53. The summed E-state index contributed by atoms with van der Waals surface area (Å²) in [6, 6.07) is 4.09. The van der Waals surface area contributed by atoms with Gasteiger partial charge in [-0.3, -0.25) is 0 Å². The van der Waals surface area contributed by atoms with Crippen LogP contribution in [0, 0.1) is 0 Å². The summed E-state index contributed by atoms with van der Waals surface area (Å²) in [7, 11) is 0. The topological polar surface area (TPSA) is 92.6 Å². The lowest BCUT2D eigenvalue weighted by Crippen LogP contribution is -2.54. The minimum atomic E-state index is 0.239. The molecule has 1 atom stereocenters. The van der Waals surface area contributed by atoms with Gasteiger partial charge in [-0.15, -0.1) is 0 Å². The Labute approximate surface area is 165 Å². The summed E-state index contributed by atoms with van der Waals surface area (Å²) in [6.45, 7) is 5.81. The van der Waals surface area contributed by atoms with Crippen LogP contribution in [0.4, 0.5) is 0 Å². The number of piperidine rings is 1. The van der Waals surface area contributed by atoms with Crippen molar-refractivity contribution in [1.29, 1.82) is 0 Å². The number of likely N-dealkylation sites (tertiary alicyclic amines) is 1. The first-order chi connectivity index (χ1) is 13.7. The molecule has 3 aliphatic heterocycles. The van der Waals surface area contributed by atoms with Gasteiger partial charge in [-0.2, -0.15) is 5.10 Å². The lowest BCUT2D eigenvalue weighted by atomic mass is 9.99. The van der Waals surface area contributed by atoms with Crippen LogP contribution in [0.15, 0.2) is 29.0 Å². The van der Waals surface area contributed by atoms with Crippen molar-refractivity contribution in [3.8, 4) is 11.5 Å². The lowest BCUT2D eigenvalue weighted by Gasteiger charge is -2.36. The van der Waals surface area contributed by atoms with Crippen molar-refractivity contribution in [2.24, 2.45) is 5.10 Å². The van der Waals surface area contributed by atoms with Gasteiger partial charge >= 0.3 is 0 Å². The molecule has 0 aromatic heterocycles. The number of hydrogen-bond acceptors (Lipinski definition) is 8. The maximum absolute atomic E-state index is 10.6. The fourth-order valence-corrected chi connectivity index (χ4v) is 4.12. The lowest BCUT2D eigenvalue weighted by molar-refractivity contribution is 0.0984. The maximum Gasteiger partial charge on any atom is 0.132 e. The molecular weight excluding hydrogens is 358 g/mol. The van der Waals surface area contributed by atoms with Gasteiger partial charge in [0.2, 0.25) is 0 Å². The highest BCUT2D eigenvalue weighted by Gasteiger charge is 2.25. The molecule has 0 bridgehead atoms. The quantitative estimate of drug-likeness (QED) is 0.581. The van der Waals surface area contributed by atoms with Crippen LogP contribution >= 0.6 is 0 Å². The zero-order valence-electron chi connectivity index (χ0n) is 16.3. The van der Waals surface area contributed by atoms with Crippen molar-refractivity contribution in [1.82, 2.24) is 21.0 Å². The number of phenolic OH excluding ortho intramolecular Hbond substituents is 1. The largest absolute Gasteiger partial charge is 0.507 e. The number of rotatable bonds is 6. The van der Waals surface area contributed by atoms with Crippen LogP contribution in [-0.2, 0) is 6.42 Å². The van der Waals surface area contributed by atoms with Gasteiger partial charge in [0.25, 0.3) is 0 Å². The molecule has 0 amide bonds. The molecule has 8 nitrogen and oxygen atoms in total. The Morgan fingerprint density at radius 1 is 1.39 bits per heavy atom. The maximum atomic E-state index is 10.6. The van der Waals surface area contributed by atoms with Gasteiger partial charge < -0.3 is 19.8 Å². The zero-order valence-corrected chi connectivity index (χ0v) is 16.3. The second-order valence-corrected chi connectivity index (χ2v) is 7.63. The second kappa shape index (κ2) is 8.38. The molecular formula is C20H29N5O3. The number of hydrazone groups is 1. The number of benzene rings is 1. The van der Waals surface area contributed by atoms with E-state index < -0.39 is 0 Å². The van der Waals surface area contributed by atoms with Crippen LogP contribution in [-0.4, -0.2) is 64.8 Å². The number of fused-ring (bicyclic) bond motifs is 1. The highest BCUT2D eigenvalue weighted by Crippen LogP contribution is 2.36. The van der Waals surface area contributed by atoms with Crippen molar-refractivity contribution in [2.75, 3.05) is 32.8 Å². The Kier molecular flexibility index (Phi) is 5.70. The SMILES string of the molecule is CC1=CN(N[C@@H]2CCCN(CCCO)C2)NN=C1c1ccc2c(c1O)CCO2. The van der Waals surface area contributed by atoms with Crippen molar-refractivity contribution in [3.05, 3.63) is 35.0 Å². The minimum Gasteiger partial charge on any atom is -0.507 e. The van der Waals surface area contributed by atoms with Crippen LogP contribution in [0.25, 0.3) is 0 Å². The van der Waals surface area contributed by atoms with Gasteiger partial charge in [0.15, 0.2) is 0 Å². The van der Waals surface area contributed by atoms with E-state index in [2.05, 4.69) is 21.0 Å². The fraction of sp³-hybridized carbons (Fsp3) is 0.550. The molecule has 0 aliphatic carbocycles. The number of phenols is 1. The average molecular weight is 387 g/mol. The van der Waals surface area contributed by atoms with E-state index in [1.54, 1.807) is 5.12 Å². The van der Waals surface area contributed by atoms with Crippen LogP contribution in [0.3, 0.4) is 0 Å². The van der Waals surface area contributed by atoms with E-state index in [1.807, 2.05) is 25.3 Å². The molecule has 0 unspecified atom stereocenters. The third-order valence-corrected chi connectivity index (χ3v) is 5.53. The fourth-order valence-electron chi connectivity index (χ4n) is 4.12. The molecule has 0 radical (unpaired) electrons. The van der Waals surface area contributed by atoms with E-state index >= 15 is 0 Å². The van der Waals surface area contributed by atoms with E-state index in [4.69, 9.17) is 9.84 Å². The molecule has 1 saturated heterocycles. The van der Waals surface area contributed by atoms with Crippen LogP contribution in [0.5, 0.6) is 11.5 Å². The van der Waals surface area contributed by atoms with E-state index in [9.17, 15) is 5.11 Å². The van der Waals surface area contributed by atoms with Crippen molar-refractivity contribution in [3.63, 3.8) is 0 Å². The number of aliphatic hydroxyl groups is 1. The number of aromatic hydroxyl groups is 1. The molecule has 3 aliphatic rings. The molecule has 28 heavy (non-hydrogen) atoms. The molecule has 8 heteroatoms. The predicted molar refractivity (Wildman–Crippen MR) is 107 cm³/mol. The van der Waals surface area contributed by atoms with Gasteiger partial charge in [-0.1, -0.05) is 0 Å². The van der Waals surface area contributed by atoms with E-state index in [-0.39, 0.29) is 12.4 Å². The number of ether oxygens (including phenoxy) is 1. The van der Waals surface area contributed by atoms with Gasteiger partial charge in [-0.05, 0) is 50.4 Å². The molecule has 1 aromatic rings. The molecule has 152 valence electrons. The Balaban J connectivity index is 1.40. The van der Waals surface area contributed by atoms with E-state index in [1.165, 1.54) is 0 Å². The molecule has 1 aromatic carbocycles. The normalized spacial score (nSPS) is 22.2. The van der Waals surface area contributed by atoms with E-state index in [0.29, 0.717) is 12.6 Å². The Hall–Kier alpha value is -2.29. The van der Waals surface area contributed by atoms with Gasteiger partial charge in [0.05, 0.1) is 6.61 Å². The van der Waals surface area contributed by atoms with Crippen LogP contribution in [0.1, 0.15) is 37.3 Å². The summed E-state index contributed by atoms with van der Waals surface area (Å²) < 4.78 is 5.52.